The van der Waals surface area contributed by atoms with Crippen molar-refractivity contribution in [1.29, 1.82) is 5.26 Å². The molecule has 0 aliphatic heterocycles. The minimum Gasteiger partial charge on any atom is -0.389 e. The summed E-state index contributed by atoms with van der Waals surface area (Å²) in [7, 11) is 0. The first-order valence-corrected chi connectivity index (χ1v) is 5.93. The quantitative estimate of drug-likeness (QED) is 0.878. The van der Waals surface area contributed by atoms with Gasteiger partial charge in [-0.2, -0.15) is 5.26 Å². The second-order valence-corrected chi connectivity index (χ2v) is 4.93. The Bertz CT molecular complexity index is 410. The van der Waals surface area contributed by atoms with E-state index in [0.717, 1.165) is 0 Å². The second-order valence-electron chi connectivity index (χ2n) is 3.16. The molecule has 0 amide bonds. The molecular weight excluding hydrogens is 345 g/mol. The summed E-state index contributed by atoms with van der Waals surface area (Å²) in [5.74, 6) is -0.647. The van der Waals surface area contributed by atoms with Gasteiger partial charge in [-0.1, -0.05) is 31.9 Å². The molecule has 16 heavy (non-hydrogen) atoms. The summed E-state index contributed by atoms with van der Waals surface area (Å²) in [6.45, 7) is 0. The second kappa shape index (κ2) is 5.73. The third-order valence-corrected chi connectivity index (χ3v) is 3.12. The molecule has 0 heterocycles. The molecule has 0 aromatic heterocycles. The molecule has 0 aliphatic rings. The fourth-order valence-electron chi connectivity index (χ4n) is 1.23. The predicted molar refractivity (Wildman–Crippen MR) is 63.0 cm³/mol. The van der Waals surface area contributed by atoms with Gasteiger partial charge in [0.1, 0.15) is 11.9 Å². The number of halogens is 3. The molecule has 3 nitrogen and oxygen atoms in total. The summed E-state index contributed by atoms with van der Waals surface area (Å²) in [5.41, 5.74) is -0.0500. The van der Waals surface area contributed by atoms with Crippen LogP contribution in [0.25, 0.3) is 0 Å². The third kappa shape index (κ3) is 3.01. The van der Waals surface area contributed by atoms with Gasteiger partial charge in [-0.3, -0.25) is 0 Å². The fourth-order valence-corrected chi connectivity index (χ4v) is 2.64. The van der Waals surface area contributed by atoms with Crippen LogP contribution in [0.5, 0.6) is 0 Å². The molecule has 2 unspecified atom stereocenters. The van der Waals surface area contributed by atoms with Crippen molar-refractivity contribution in [2.24, 2.45) is 0 Å². The Labute approximate surface area is 109 Å². The van der Waals surface area contributed by atoms with Crippen LogP contribution in [0.4, 0.5) is 4.39 Å². The molecule has 1 rings (SSSR count). The SMILES string of the molecule is N#CCC(O)C(O)c1c(F)cc(Br)cc1Br. The highest BCUT2D eigenvalue weighted by Gasteiger charge is 2.24. The molecule has 1 aromatic rings. The minimum atomic E-state index is -1.43. The van der Waals surface area contributed by atoms with E-state index in [4.69, 9.17) is 5.26 Å². The van der Waals surface area contributed by atoms with E-state index in [0.29, 0.717) is 8.95 Å². The van der Waals surface area contributed by atoms with Crippen molar-refractivity contribution < 1.29 is 14.6 Å². The van der Waals surface area contributed by atoms with Crippen LogP contribution in [0.1, 0.15) is 18.1 Å². The number of nitriles is 1. The number of hydrogen-bond acceptors (Lipinski definition) is 3. The summed E-state index contributed by atoms with van der Waals surface area (Å²) < 4.78 is 14.4. The van der Waals surface area contributed by atoms with Gasteiger partial charge >= 0.3 is 0 Å². The molecule has 0 saturated carbocycles. The van der Waals surface area contributed by atoms with E-state index in [9.17, 15) is 14.6 Å². The Morgan fingerprint density at radius 1 is 1.38 bits per heavy atom. The monoisotopic (exact) mass is 351 g/mol. The maximum absolute atomic E-state index is 13.5. The van der Waals surface area contributed by atoms with Crippen LogP contribution in [0.15, 0.2) is 21.1 Å². The molecule has 0 bridgehead atoms. The lowest BCUT2D eigenvalue weighted by molar-refractivity contribution is 0.0190. The van der Waals surface area contributed by atoms with Crippen LogP contribution < -0.4 is 0 Å². The molecule has 0 fully saturated rings. The van der Waals surface area contributed by atoms with Gasteiger partial charge in [0.05, 0.1) is 18.6 Å². The van der Waals surface area contributed by atoms with Crippen LogP contribution in [0.3, 0.4) is 0 Å². The largest absolute Gasteiger partial charge is 0.389 e. The van der Waals surface area contributed by atoms with Crippen molar-refractivity contribution in [3.05, 3.63) is 32.5 Å². The number of aliphatic hydroxyl groups is 2. The van der Waals surface area contributed by atoms with Gasteiger partial charge in [0.15, 0.2) is 0 Å². The molecule has 2 atom stereocenters. The third-order valence-electron chi connectivity index (χ3n) is 2.00. The molecule has 2 N–H and O–H groups in total. The smallest absolute Gasteiger partial charge is 0.131 e. The van der Waals surface area contributed by atoms with Crippen molar-refractivity contribution in [1.82, 2.24) is 0 Å². The number of rotatable bonds is 3. The zero-order valence-corrected chi connectivity index (χ0v) is 11.2. The summed E-state index contributed by atoms with van der Waals surface area (Å²) in [5, 5.41) is 27.5. The van der Waals surface area contributed by atoms with Gasteiger partial charge in [-0.15, -0.1) is 0 Å². The van der Waals surface area contributed by atoms with E-state index < -0.39 is 18.0 Å². The Hall–Kier alpha value is -0.480. The van der Waals surface area contributed by atoms with Crippen molar-refractivity contribution in [2.45, 2.75) is 18.6 Å². The molecule has 6 heteroatoms. The molecule has 1 aromatic carbocycles. The lowest BCUT2D eigenvalue weighted by Gasteiger charge is -2.17. The van der Waals surface area contributed by atoms with E-state index in [-0.39, 0.29) is 12.0 Å². The molecule has 0 radical (unpaired) electrons. The lowest BCUT2D eigenvalue weighted by Crippen LogP contribution is -2.19. The molecule has 0 saturated heterocycles. The topological polar surface area (TPSA) is 64.2 Å². The van der Waals surface area contributed by atoms with E-state index in [1.165, 1.54) is 6.07 Å². The Balaban J connectivity index is 3.09. The van der Waals surface area contributed by atoms with Crippen molar-refractivity contribution in [3.63, 3.8) is 0 Å². The van der Waals surface area contributed by atoms with Gasteiger partial charge in [-0.25, -0.2) is 4.39 Å². The number of benzene rings is 1. The molecule has 0 aliphatic carbocycles. The maximum Gasteiger partial charge on any atom is 0.131 e. The van der Waals surface area contributed by atoms with Crippen molar-refractivity contribution in [2.75, 3.05) is 0 Å². The average molecular weight is 353 g/mol. The van der Waals surface area contributed by atoms with Gasteiger partial charge in [-0.05, 0) is 12.1 Å². The standard InChI is InChI=1S/C10H8Br2FNO2/c11-5-3-6(12)9(7(13)4-5)10(16)8(15)1-2-14/h3-4,8,10,15-16H,1H2. The summed E-state index contributed by atoms with van der Waals surface area (Å²) in [6, 6.07) is 4.45. The zero-order chi connectivity index (χ0) is 12.3. The highest BCUT2D eigenvalue weighted by atomic mass is 79.9. The predicted octanol–water partition coefficient (Wildman–Crippen LogP) is 2.66. The summed E-state index contributed by atoms with van der Waals surface area (Å²) in [6.07, 6.45) is -3.00. The minimum absolute atomic E-state index is 0.0500. The van der Waals surface area contributed by atoms with E-state index in [1.807, 2.05) is 0 Å². The van der Waals surface area contributed by atoms with Crippen LogP contribution in [-0.4, -0.2) is 16.3 Å². The van der Waals surface area contributed by atoms with Crippen LogP contribution in [-0.2, 0) is 0 Å². The highest BCUT2D eigenvalue weighted by molar-refractivity contribution is 9.11. The number of hydrogen-bond donors (Lipinski definition) is 2. The normalized spacial score (nSPS) is 14.2. The Kier molecular flexibility index (Phi) is 4.87. The van der Waals surface area contributed by atoms with Gasteiger partial charge < -0.3 is 10.2 Å². The number of nitrogens with zero attached hydrogens (tertiary/aromatic N) is 1. The van der Waals surface area contributed by atoms with Gasteiger partial charge in [0, 0.05) is 14.5 Å². The highest BCUT2D eigenvalue weighted by Crippen LogP contribution is 2.32. The lowest BCUT2D eigenvalue weighted by atomic mass is 10.0. The van der Waals surface area contributed by atoms with Gasteiger partial charge in [0.25, 0.3) is 0 Å². The van der Waals surface area contributed by atoms with Crippen LogP contribution in [0, 0.1) is 17.1 Å². The fraction of sp³-hybridized carbons (Fsp3) is 0.300. The molecule has 0 spiro atoms. The number of aliphatic hydroxyl groups excluding tert-OH is 2. The Morgan fingerprint density at radius 3 is 2.50 bits per heavy atom. The van der Waals surface area contributed by atoms with E-state index in [1.54, 1.807) is 12.1 Å². The molecular formula is C10H8Br2FNO2. The van der Waals surface area contributed by atoms with E-state index >= 15 is 0 Å². The first-order chi connectivity index (χ1) is 7.47. The average Bonchev–Trinajstić information content (AvgIpc) is 2.16. The van der Waals surface area contributed by atoms with Gasteiger partial charge in [0.2, 0.25) is 0 Å². The summed E-state index contributed by atoms with van der Waals surface area (Å²) >= 11 is 6.19. The van der Waals surface area contributed by atoms with Crippen molar-refractivity contribution >= 4 is 31.9 Å². The zero-order valence-electron chi connectivity index (χ0n) is 7.99. The maximum atomic E-state index is 13.5. The first kappa shape index (κ1) is 13.6. The Morgan fingerprint density at radius 2 is 2.00 bits per heavy atom. The van der Waals surface area contributed by atoms with Crippen LogP contribution in [0.2, 0.25) is 0 Å². The molecule has 86 valence electrons. The van der Waals surface area contributed by atoms with E-state index in [2.05, 4.69) is 31.9 Å². The van der Waals surface area contributed by atoms with Crippen LogP contribution >= 0.6 is 31.9 Å². The first-order valence-electron chi connectivity index (χ1n) is 4.35. The van der Waals surface area contributed by atoms with Crippen molar-refractivity contribution in [3.8, 4) is 6.07 Å². The summed E-state index contributed by atoms with van der Waals surface area (Å²) in [4.78, 5) is 0.